The highest BCUT2D eigenvalue weighted by molar-refractivity contribution is 5.32. The Balaban J connectivity index is 1.54. The van der Waals surface area contributed by atoms with Gasteiger partial charge in [0.25, 0.3) is 0 Å². The van der Waals surface area contributed by atoms with Crippen LogP contribution in [-0.4, -0.2) is 11.2 Å². The van der Waals surface area contributed by atoms with Gasteiger partial charge in [-0.1, -0.05) is 51.0 Å². The summed E-state index contributed by atoms with van der Waals surface area (Å²) in [5, 5.41) is 0. The molecule has 4 unspecified atom stereocenters. The first kappa shape index (κ1) is 15.0. The van der Waals surface area contributed by atoms with Gasteiger partial charge in [0.15, 0.2) is 0 Å². The lowest BCUT2D eigenvalue weighted by molar-refractivity contribution is -0.387. The maximum atomic E-state index is 6.33. The van der Waals surface area contributed by atoms with E-state index in [-0.39, 0.29) is 22.0 Å². The summed E-state index contributed by atoms with van der Waals surface area (Å²) in [7, 11) is 0. The predicted molar refractivity (Wildman–Crippen MR) is 88.2 cm³/mol. The minimum Gasteiger partial charge on any atom is -0.228 e. The van der Waals surface area contributed by atoms with Gasteiger partial charge in [-0.15, -0.1) is 0 Å². The number of allylic oxidation sites excluding steroid dienone is 2. The summed E-state index contributed by atoms with van der Waals surface area (Å²) >= 11 is 0. The molecule has 4 rings (SSSR count). The minimum absolute atomic E-state index is 0.0845. The largest absolute Gasteiger partial charge is 0.228 e. The second kappa shape index (κ2) is 4.08. The summed E-state index contributed by atoms with van der Waals surface area (Å²) in [6.07, 6.45) is 9.11. The molecule has 4 aliphatic rings. The second-order valence-corrected chi connectivity index (χ2v) is 9.42. The fourth-order valence-corrected chi connectivity index (χ4v) is 5.67. The zero-order valence-corrected chi connectivity index (χ0v) is 15.0. The highest BCUT2D eigenvalue weighted by Gasteiger charge is 2.77. The lowest BCUT2D eigenvalue weighted by Crippen LogP contribution is -2.32. The predicted octanol–water partition coefficient (Wildman–Crippen LogP) is 5.20. The Morgan fingerprint density at radius 2 is 1.14 bits per heavy atom. The average Bonchev–Trinajstić information content (AvgIpc) is 3.12. The van der Waals surface area contributed by atoms with Crippen LogP contribution in [-0.2, 0) is 9.78 Å². The second-order valence-electron chi connectivity index (χ2n) is 9.42. The number of hydrogen-bond acceptors (Lipinski definition) is 2. The Labute approximate surface area is 134 Å². The van der Waals surface area contributed by atoms with Gasteiger partial charge in [-0.25, -0.2) is 9.78 Å². The molecule has 2 heteroatoms. The average molecular weight is 302 g/mol. The van der Waals surface area contributed by atoms with E-state index < -0.39 is 0 Å². The van der Waals surface area contributed by atoms with Gasteiger partial charge in [-0.2, -0.15) is 0 Å². The molecule has 0 aromatic heterocycles. The Kier molecular flexibility index (Phi) is 2.77. The van der Waals surface area contributed by atoms with Gasteiger partial charge < -0.3 is 0 Å². The highest BCUT2D eigenvalue weighted by atomic mass is 17.2. The third-order valence-electron chi connectivity index (χ3n) is 7.71. The van der Waals surface area contributed by atoms with E-state index in [0.29, 0.717) is 11.8 Å². The van der Waals surface area contributed by atoms with Crippen LogP contribution in [0.2, 0.25) is 0 Å². The molecule has 0 aromatic carbocycles. The van der Waals surface area contributed by atoms with E-state index in [9.17, 15) is 0 Å². The summed E-state index contributed by atoms with van der Waals surface area (Å²) < 4.78 is 0. The van der Waals surface area contributed by atoms with E-state index in [4.69, 9.17) is 9.78 Å². The van der Waals surface area contributed by atoms with Crippen molar-refractivity contribution in [1.29, 1.82) is 0 Å². The van der Waals surface area contributed by atoms with Gasteiger partial charge in [-0.3, -0.25) is 0 Å². The smallest absolute Gasteiger partial charge is 0.116 e. The van der Waals surface area contributed by atoms with Crippen molar-refractivity contribution >= 4 is 0 Å². The molecule has 0 aliphatic heterocycles. The number of fused-ring (bicyclic) bond motifs is 2. The van der Waals surface area contributed by atoms with Crippen molar-refractivity contribution in [3.63, 3.8) is 0 Å². The Hall–Kier alpha value is -0.600. The van der Waals surface area contributed by atoms with Crippen molar-refractivity contribution in [3.05, 3.63) is 23.3 Å². The fourth-order valence-electron chi connectivity index (χ4n) is 5.67. The summed E-state index contributed by atoms with van der Waals surface area (Å²) in [5.74, 6) is 1.22. The SMILES string of the molecule is CC1=CCC2C(C)(C)C2(OOC23CC(C)=CCC2C3(C)C)C1. The first-order valence-electron chi connectivity index (χ1n) is 8.85. The number of rotatable bonds is 3. The Morgan fingerprint density at radius 3 is 1.50 bits per heavy atom. The lowest BCUT2D eigenvalue weighted by Gasteiger charge is -2.29. The van der Waals surface area contributed by atoms with Crippen LogP contribution in [0.25, 0.3) is 0 Å². The van der Waals surface area contributed by atoms with E-state index >= 15 is 0 Å². The van der Waals surface area contributed by atoms with Crippen LogP contribution < -0.4 is 0 Å². The van der Waals surface area contributed by atoms with Crippen molar-refractivity contribution in [2.45, 2.75) is 78.4 Å². The van der Waals surface area contributed by atoms with Crippen molar-refractivity contribution < 1.29 is 9.78 Å². The molecule has 0 spiro atoms. The lowest BCUT2D eigenvalue weighted by atomic mass is 9.96. The van der Waals surface area contributed by atoms with Gasteiger partial charge in [0, 0.05) is 35.5 Å². The molecule has 0 N–H and O–H groups in total. The van der Waals surface area contributed by atoms with E-state index in [1.54, 1.807) is 0 Å². The molecule has 0 heterocycles. The van der Waals surface area contributed by atoms with Crippen LogP contribution >= 0.6 is 0 Å². The molecule has 2 saturated carbocycles. The van der Waals surface area contributed by atoms with Crippen molar-refractivity contribution in [2.24, 2.45) is 22.7 Å². The van der Waals surface area contributed by atoms with E-state index in [0.717, 1.165) is 25.7 Å². The monoisotopic (exact) mass is 302 g/mol. The molecule has 2 nitrogen and oxygen atoms in total. The van der Waals surface area contributed by atoms with Gasteiger partial charge >= 0.3 is 0 Å². The Morgan fingerprint density at radius 1 is 0.773 bits per heavy atom. The van der Waals surface area contributed by atoms with Crippen LogP contribution in [0.15, 0.2) is 23.3 Å². The standard InChI is InChI=1S/C20H30O2/c1-13-7-9-15-17(3,4)19(15,11-13)21-22-20-12-14(2)8-10-16(20)18(20,5)6/h7-8,15-16H,9-12H2,1-6H3. The van der Waals surface area contributed by atoms with Crippen molar-refractivity contribution in [2.75, 3.05) is 0 Å². The minimum atomic E-state index is -0.0845. The fraction of sp³-hybridized carbons (Fsp3) is 0.800. The molecular formula is C20H30O2. The van der Waals surface area contributed by atoms with Crippen molar-refractivity contribution in [1.82, 2.24) is 0 Å². The topological polar surface area (TPSA) is 18.5 Å². The van der Waals surface area contributed by atoms with Crippen molar-refractivity contribution in [3.8, 4) is 0 Å². The van der Waals surface area contributed by atoms with Crippen LogP contribution in [0.1, 0.15) is 67.2 Å². The maximum Gasteiger partial charge on any atom is 0.116 e. The normalized spacial score (nSPS) is 47.0. The van der Waals surface area contributed by atoms with Gasteiger partial charge in [0.1, 0.15) is 11.2 Å². The molecule has 4 aliphatic carbocycles. The van der Waals surface area contributed by atoms with Crippen LogP contribution in [0.5, 0.6) is 0 Å². The van der Waals surface area contributed by atoms with Crippen LogP contribution in [0, 0.1) is 22.7 Å². The van der Waals surface area contributed by atoms with Gasteiger partial charge in [0.05, 0.1) is 0 Å². The molecule has 4 atom stereocenters. The summed E-state index contributed by atoms with van der Waals surface area (Å²) in [4.78, 5) is 12.7. The molecule has 122 valence electrons. The quantitative estimate of drug-likeness (QED) is 0.405. The molecule has 0 radical (unpaired) electrons. The first-order chi connectivity index (χ1) is 10.2. The number of hydrogen-bond donors (Lipinski definition) is 0. The zero-order chi connectivity index (χ0) is 16.0. The maximum absolute atomic E-state index is 6.33. The van der Waals surface area contributed by atoms with E-state index in [1.165, 1.54) is 11.1 Å². The highest BCUT2D eigenvalue weighted by Crippen LogP contribution is 2.74. The Bertz CT molecular complexity index is 531. The molecule has 0 saturated heterocycles. The first-order valence-corrected chi connectivity index (χ1v) is 8.85. The van der Waals surface area contributed by atoms with Gasteiger partial charge in [0.2, 0.25) is 0 Å². The van der Waals surface area contributed by atoms with Crippen LogP contribution in [0.3, 0.4) is 0 Å². The van der Waals surface area contributed by atoms with Gasteiger partial charge in [-0.05, 0) is 26.7 Å². The molecule has 22 heavy (non-hydrogen) atoms. The summed E-state index contributed by atoms with van der Waals surface area (Å²) in [5.41, 5.74) is 3.19. The van der Waals surface area contributed by atoms with Crippen LogP contribution in [0.4, 0.5) is 0 Å². The summed E-state index contributed by atoms with van der Waals surface area (Å²) in [6.45, 7) is 13.8. The molecule has 0 aromatic rings. The molecule has 0 bridgehead atoms. The zero-order valence-electron chi connectivity index (χ0n) is 15.0. The van der Waals surface area contributed by atoms with E-state index in [1.807, 2.05) is 0 Å². The third-order valence-corrected chi connectivity index (χ3v) is 7.71. The third kappa shape index (κ3) is 1.58. The molecule has 2 fully saturated rings. The van der Waals surface area contributed by atoms with E-state index in [2.05, 4.69) is 53.7 Å². The summed E-state index contributed by atoms with van der Waals surface area (Å²) in [6, 6.07) is 0. The molecular weight excluding hydrogens is 272 g/mol. The molecule has 0 amide bonds.